The Balaban J connectivity index is 1.71. The second kappa shape index (κ2) is 7.15. The van der Waals surface area contributed by atoms with Crippen molar-refractivity contribution in [3.05, 3.63) is 51.7 Å². The van der Waals surface area contributed by atoms with Crippen LogP contribution in [0.1, 0.15) is 41.6 Å². The smallest absolute Gasteiger partial charge is 0.346 e. The predicted molar refractivity (Wildman–Crippen MR) is 95.8 cm³/mol. The normalized spacial score (nSPS) is 14.9. The SMILES string of the molecule is CCN1CCn2c(nn(CC(=O)NC(C)c3ccc(C)cc3)c2=O)C1=O. The summed E-state index contributed by atoms with van der Waals surface area (Å²) in [6.07, 6.45) is 0. The van der Waals surface area contributed by atoms with Crippen LogP contribution in [-0.2, 0) is 17.9 Å². The number of carbonyl (C=O) groups excluding carboxylic acids is 2. The molecule has 0 saturated carbocycles. The number of nitrogens with one attached hydrogen (secondary N) is 1. The van der Waals surface area contributed by atoms with E-state index in [1.54, 1.807) is 4.90 Å². The molecule has 1 aromatic heterocycles. The van der Waals surface area contributed by atoms with E-state index < -0.39 is 5.69 Å². The van der Waals surface area contributed by atoms with Crippen molar-refractivity contribution in [2.75, 3.05) is 13.1 Å². The van der Waals surface area contributed by atoms with E-state index >= 15 is 0 Å². The van der Waals surface area contributed by atoms with Gasteiger partial charge in [0.1, 0.15) is 6.54 Å². The molecule has 0 bridgehead atoms. The molecule has 8 nitrogen and oxygen atoms in total. The van der Waals surface area contributed by atoms with E-state index in [0.717, 1.165) is 15.8 Å². The molecule has 0 spiro atoms. The highest BCUT2D eigenvalue weighted by atomic mass is 16.2. The number of likely N-dealkylation sites (N-methyl/N-ethyl adjacent to an activating group) is 1. The minimum atomic E-state index is -0.428. The van der Waals surface area contributed by atoms with Crippen molar-refractivity contribution in [2.24, 2.45) is 0 Å². The lowest BCUT2D eigenvalue weighted by atomic mass is 10.1. The van der Waals surface area contributed by atoms with Gasteiger partial charge in [0.05, 0.1) is 6.04 Å². The molecule has 26 heavy (non-hydrogen) atoms. The summed E-state index contributed by atoms with van der Waals surface area (Å²) in [7, 11) is 0. The average molecular weight is 357 g/mol. The van der Waals surface area contributed by atoms with Gasteiger partial charge >= 0.3 is 5.69 Å². The third-order valence-corrected chi connectivity index (χ3v) is 4.62. The first-order chi connectivity index (χ1) is 12.4. The van der Waals surface area contributed by atoms with Crippen molar-refractivity contribution >= 4 is 11.8 Å². The zero-order valence-corrected chi connectivity index (χ0v) is 15.2. The maximum absolute atomic E-state index is 12.4. The molecule has 1 aliphatic heterocycles. The van der Waals surface area contributed by atoms with Crippen LogP contribution < -0.4 is 11.0 Å². The van der Waals surface area contributed by atoms with E-state index in [-0.39, 0.29) is 30.2 Å². The number of fused-ring (bicyclic) bond motifs is 1. The van der Waals surface area contributed by atoms with Crippen LogP contribution >= 0.6 is 0 Å². The second-order valence-corrected chi connectivity index (χ2v) is 6.50. The largest absolute Gasteiger partial charge is 0.348 e. The van der Waals surface area contributed by atoms with Crippen LogP contribution in [0.5, 0.6) is 0 Å². The number of hydrogen-bond donors (Lipinski definition) is 1. The summed E-state index contributed by atoms with van der Waals surface area (Å²) in [5, 5.41) is 6.94. The Morgan fingerprint density at radius 1 is 1.23 bits per heavy atom. The first-order valence-corrected chi connectivity index (χ1v) is 8.73. The number of nitrogens with zero attached hydrogens (tertiary/aromatic N) is 4. The van der Waals surface area contributed by atoms with Gasteiger partial charge in [-0.15, -0.1) is 5.10 Å². The molecule has 0 radical (unpaired) electrons. The van der Waals surface area contributed by atoms with Gasteiger partial charge in [-0.1, -0.05) is 29.8 Å². The lowest BCUT2D eigenvalue weighted by molar-refractivity contribution is -0.122. The van der Waals surface area contributed by atoms with E-state index in [0.29, 0.717) is 19.6 Å². The number of carbonyl (C=O) groups is 2. The molecular weight excluding hydrogens is 334 g/mol. The number of amides is 2. The van der Waals surface area contributed by atoms with Crippen molar-refractivity contribution in [1.29, 1.82) is 0 Å². The Morgan fingerprint density at radius 2 is 1.92 bits per heavy atom. The van der Waals surface area contributed by atoms with Gasteiger partial charge in [-0.05, 0) is 26.3 Å². The molecule has 1 atom stereocenters. The molecule has 1 aromatic carbocycles. The van der Waals surface area contributed by atoms with Crippen LogP contribution in [0.25, 0.3) is 0 Å². The van der Waals surface area contributed by atoms with Gasteiger partial charge in [-0.25, -0.2) is 9.48 Å². The highest BCUT2D eigenvalue weighted by molar-refractivity contribution is 5.91. The number of benzene rings is 1. The summed E-state index contributed by atoms with van der Waals surface area (Å²) in [4.78, 5) is 38.6. The third kappa shape index (κ3) is 3.40. The topological polar surface area (TPSA) is 89.2 Å². The molecule has 3 rings (SSSR count). The third-order valence-electron chi connectivity index (χ3n) is 4.62. The molecule has 1 unspecified atom stereocenters. The number of hydrogen-bond acceptors (Lipinski definition) is 4. The van der Waals surface area contributed by atoms with Crippen molar-refractivity contribution in [1.82, 2.24) is 24.6 Å². The first kappa shape index (κ1) is 17.9. The second-order valence-electron chi connectivity index (χ2n) is 6.50. The quantitative estimate of drug-likeness (QED) is 0.853. The van der Waals surface area contributed by atoms with Crippen LogP contribution in [-0.4, -0.2) is 44.2 Å². The highest BCUT2D eigenvalue weighted by Gasteiger charge is 2.29. The maximum Gasteiger partial charge on any atom is 0.346 e. The van der Waals surface area contributed by atoms with Crippen LogP contribution in [0.4, 0.5) is 0 Å². The van der Waals surface area contributed by atoms with Gasteiger partial charge in [-0.3, -0.25) is 14.2 Å². The molecular formula is C18H23N5O3. The number of aryl methyl sites for hydroxylation is 1. The molecule has 0 aliphatic carbocycles. The fourth-order valence-electron chi connectivity index (χ4n) is 3.03. The van der Waals surface area contributed by atoms with E-state index in [1.807, 2.05) is 45.0 Å². The van der Waals surface area contributed by atoms with Gasteiger partial charge in [-0.2, -0.15) is 0 Å². The van der Waals surface area contributed by atoms with Crippen molar-refractivity contribution < 1.29 is 9.59 Å². The molecule has 8 heteroatoms. The van der Waals surface area contributed by atoms with Gasteiger partial charge < -0.3 is 10.2 Å². The van der Waals surface area contributed by atoms with Crippen molar-refractivity contribution in [2.45, 2.75) is 39.9 Å². The van der Waals surface area contributed by atoms with E-state index in [4.69, 9.17) is 0 Å². The average Bonchev–Trinajstić information content (AvgIpc) is 2.92. The molecule has 2 aromatic rings. The summed E-state index contributed by atoms with van der Waals surface area (Å²) in [6.45, 7) is 6.98. The molecule has 2 heterocycles. The Hall–Kier alpha value is -2.90. The van der Waals surface area contributed by atoms with Crippen molar-refractivity contribution in [3.63, 3.8) is 0 Å². The monoisotopic (exact) mass is 357 g/mol. The zero-order chi connectivity index (χ0) is 18.8. The Bertz CT molecular complexity index is 881. The van der Waals surface area contributed by atoms with Crippen molar-refractivity contribution in [3.8, 4) is 0 Å². The van der Waals surface area contributed by atoms with Gasteiger partial charge in [0.15, 0.2) is 0 Å². The van der Waals surface area contributed by atoms with Crippen LogP contribution in [0, 0.1) is 6.92 Å². The highest BCUT2D eigenvalue weighted by Crippen LogP contribution is 2.13. The molecule has 0 fully saturated rings. The van der Waals surface area contributed by atoms with E-state index in [2.05, 4.69) is 10.4 Å². The van der Waals surface area contributed by atoms with Crippen LogP contribution in [0.15, 0.2) is 29.1 Å². The lowest BCUT2D eigenvalue weighted by Crippen LogP contribution is -2.43. The molecule has 138 valence electrons. The lowest BCUT2D eigenvalue weighted by Gasteiger charge is -2.24. The summed E-state index contributed by atoms with van der Waals surface area (Å²) in [5.41, 5.74) is 1.70. The summed E-state index contributed by atoms with van der Waals surface area (Å²) >= 11 is 0. The standard InChI is InChI=1S/C18H23N5O3/c1-4-21-9-10-22-16(17(21)25)20-23(18(22)26)11-15(24)19-13(3)14-7-5-12(2)6-8-14/h5-8,13H,4,9-11H2,1-3H3,(H,19,24). The van der Waals surface area contributed by atoms with E-state index in [9.17, 15) is 14.4 Å². The fourth-order valence-corrected chi connectivity index (χ4v) is 3.03. The minimum Gasteiger partial charge on any atom is -0.348 e. The molecule has 0 saturated heterocycles. The van der Waals surface area contributed by atoms with Gasteiger partial charge in [0.25, 0.3) is 5.91 Å². The Kier molecular flexibility index (Phi) is 4.92. The Labute approximate surface area is 151 Å². The summed E-state index contributed by atoms with van der Waals surface area (Å²) in [5.74, 6) is -0.499. The van der Waals surface area contributed by atoms with Gasteiger partial charge in [0.2, 0.25) is 11.7 Å². The summed E-state index contributed by atoms with van der Waals surface area (Å²) < 4.78 is 2.40. The Morgan fingerprint density at radius 3 is 2.58 bits per heavy atom. The fraction of sp³-hybridized carbons (Fsp3) is 0.444. The molecule has 1 N–H and O–H groups in total. The molecule has 2 amide bonds. The number of rotatable bonds is 5. The number of aromatic nitrogens is 3. The van der Waals surface area contributed by atoms with Crippen LogP contribution in [0.3, 0.4) is 0 Å². The first-order valence-electron chi connectivity index (χ1n) is 8.73. The zero-order valence-electron chi connectivity index (χ0n) is 15.2. The van der Waals surface area contributed by atoms with Crippen LogP contribution in [0.2, 0.25) is 0 Å². The maximum atomic E-state index is 12.4. The van der Waals surface area contributed by atoms with Gasteiger partial charge in [0, 0.05) is 19.6 Å². The minimum absolute atomic E-state index is 0.0995. The molecule has 1 aliphatic rings. The predicted octanol–water partition coefficient (Wildman–Crippen LogP) is 0.706. The van der Waals surface area contributed by atoms with E-state index in [1.165, 1.54) is 4.57 Å². The summed E-state index contributed by atoms with van der Waals surface area (Å²) in [6, 6.07) is 7.70.